The van der Waals surface area contributed by atoms with Gasteiger partial charge in [0.25, 0.3) is 0 Å². The molecule has 2 aromatic rings. The van der Waals surface area contributed by atoms with E-state index < -0.39 is 0 Å². The van der Waals surface area contributed by atoms with Crippen LogP contribution in [-0.2, 0) is 4.79 Å². The van der Waals surface area contributed by atoms with Crippen molar-refractivity contribution in [3.8, 4) is 5.75 Å². The Balaban J connectivity index is 1.39. The van der Waals surface area contributed by atoms with Gasteiger partial charge in [-0.3, -0.25) is 4.79 Å². The molecular weight excluding hydrogens is 314 g/mol. The van der Waals surface area contributed by atoms with E-state index in [9.17, 15) is 9.90 Å². The lowest BCUT2D eigenvalue weighted by atomic mass is 10.2. The molecule has 5 nitrogen and oxygen atoms in total. The predicted octanol–water partition coefficient (Wildman–Crippen LogP) is 2.85. The highest BCUT2D eigenvalue weighted by atomic mass is 16.3. The smallest absolute Gasteiger partial charge is 0.227 e. The van der Waals surface area contributed by atoms with Gasteiger partial charge in [-0.1, -0.05) is 0 Å². The van der Waals surface area contributed by atoms with Crippen molar-refractivity contribution in [1.82, 2.24) is 0 Å². The number of anilines is 3. The van der Waals surface area contributed by atoms with Crippen molar-refractivity contribution >= 4 is 23.0 Å². The van der Waals surface area contributed by atoms with Gasteiger partial charge in [-0.05, 0) is 55.0 Å². The number of hydrogen-bond donors (Lipinski definition) is 1. The van der Waals surface area contributed by atoms with Crippen molar-refractivity contribution in [2.75, 3.05) is 47.4 Å². The minimum Gasteiger partial charge on any atom is -0.508 e. The van der Waals surface area contributed by atoms with E-state index in [1.807, 2.05) is 17.0 Å². The maximum atomic E-state index is 11.8. The Labute approximate surface area is 148 Å². The number of hydrogen-bond acceptors (Lipinski definition) is 4. The number of rotatable bonds is 3. The number of piperazine rings is 1. The highest BCUT2D eigenvalue weighted by Gasteiger charge is 2.22. The molecule has 0 aromatic heterocycles. The topological polar surface area (TPSA) is 47.0 Å². The zero-order valence-corrected chi connectivity index (χ0v) is 14.3. The van der Waals surface area contributed by atoms with Crippen LogP contribution in [0.15, 0.2) is 48.5 Å². The lowest BCUT2D eigenvalue weighted by Gasteiger charge is -2.37. The highest BCUT2D eigenvalue weighted by molar-refractivity contribution is 5.95. The maximum absolute atomic E-state index is 11.8. The van der Waals surface area contributed by atoms with Gasteiger partial charge in [0, 0.05) is 56.2 Å². The van der Waals surface area contributed by atoms with Crippen LogP contribution in [0.25, 0.3) is 0 Å². The van der Waals surface area contributed by atoms with Crippen molar-refractivity contribution in [3.05, 3.63) is 48.5 Å². The summed E-state index contributed by atoms with van der Waals surface area (Å²) < 4.78 is 0. The first-order valence-corrected chi connectivity index (χ1v) is 8.90. The van der Waals surface area contributed by atoms with Crippen molar-refractivity contribution in [3.63, 3.8) is 0 Å². The molecule has 1 amide bonds. The van der Waals surface area contributed by atoms with E-state index in [1.54, 1.807) is 12.1 Å². The minimum absolute atomic E-state index is 0.232. The third-order valence-corrected chi connectivity index (χ3v) is 5.09. The number of carbonyl (C=O) groups is 1. The van der Waals surface area contributed by atoms with E-state index in [0.717, 1.165) is 50.5 Å². The van der Waals surface area contributed by atoms with Gasteiger partial charge in [0.2, 0.25) is 5.91 Å². The van der Waals surface area contributed by atoms with Gasteiger partial charge < -0.3 is 19.8 Å². The zero-order chi connectivity index (χ0) is 17.2. The molecule has 0 bridgehead atoms. The summed E-state index contributed by atoms with van der Waals surface area (Å²) in [5, 5.41) is 9.41. The summed E-state index contributed by atoms with van der Waals surface area (Å²) in [5.41, 5.74) is 3.37. The van der Waals surface area contributed by atoms with Crippen LogP contribution < -0.4 is 14.7 Å². The zero-order valence-electron chi connectivity index (χ0n) is 14.3. The molecule has 4 rings (SSSR count). The largest absolute Gasteiger partial charge is 0.508 e. The molecule has 130 valence electrons. The molecule has 2 heterocycles. The Kier molecular flexibility index (Phi) is 4.22. The van der Waals surface area contributed by atoms with Crippen LogP contribution >= 0.6 is 0 Å². The molecule has 0 atom stereocenters. The van der Waals surface area contributed by atoms with E-state index in [4.69, 9.17) is 0 Å². The van der Waals surface area contributed by atoms with Crippen LogP contribution in [0.5, 0.6) is 5.75 Å². The molecule has 0 spiro atoms. The summed E-state index contributed by atoms with van der Waals surface area (Å²) >= 11 is 0. The first kappa shape index (κ1) is 15.8. The van der Waals surface area contributed by atoms with E-state index >= 15 is 0 Å². The van der Waals surface area contributed by atoms with Gasteiger partial charge in [0.05, 0.1) is 0 Å². The number of benzene rings is 2. The number of carbonyl (C=O) groups excluding carboxylic acids is 1. The first-order valence-electron chi connectivity index (χ1n) is 8.90. The molecular formula is C20H23N3O2. The molecule has 0 unspecified atom stereocenters. The predicted molar refractivity (Wildman–Crippen MR) is 101 cm³/mol. The summed E-state index contributed by atoms with van der Waals surface area (Å²) in [4.78, 5) is 18.5. The number of aromatic hydroxyl groups is 1. The second-order valence-corrected chi connectivity index (χ2v) is 6.66. The fourth-order valence-electron chi connectivity index (χ4n) is 3.65. The molecule has 0 saturated carbocycles. The van der Waals surface area contributed by atoms with E-state index in [0.29, 0.717) is 12.2 Å². The quantitative estimate of drug-likeness (QED) is 0.936. The van der Waals surface area contributed by atoms with Crippen molar-refractivity contribution < 1.29 is 9.90 Å². The molecule has 2 aromatic carbocycles. The normalized spacial score (nSPS) is 18.1. The molecule has 25 heavy (non-hydrogen) atoms. The van der Waals surface area contributed by atoms with E-state index in [-0.39, 0.29) is 5.91 Å². The Hall–Kier alpha value is -2.69. The second kappa shape index (κ2) is 6.67. The van der Waals surface area contributed by atoms with Crippen molar-refractivity contribution in [1.29, 1.82) is 0 Å². The van der Waals surface area contributed by atoms with Crippen LogP contribution in [-0.4, -0.2) is 43.7 Å². The average molecular weight is 337 g/mol. The van der Waals surface area contributed by atoms with Gasteiger partial charge in [-0.25, -0.2) is 0 Å². The second-order valence-electron chi connectivity index (χ2n) is 6.66. The molecule has 1 N–H and O–H groups in total. The Morgan fingerprint density at radius 1 is 0.680 bits per heavy atom. The Morgan fingerprint density at radius 3 is 1.64 bits per heavy atom. The first-order chi connectivity index (χ1) is 12.2. The number of nitrogens with zero attached hydrogens (tertiary/aromatic N) is 3. The number of phenols is 1. The van der Waals surface area contributed by atoms with Gasteiger partial charge in [0.15, 0.2) is 0 Å². The summed E-state index contributed by atoms with van der Waals surface area (Å²) in [5.74, 6) is 0.536. The summed E-state index contributed by atoms with van der Waals surface area (Å²) in [6.07, 6.45) is 1.63. The van der Waals surface area contributed by atoms with Gasteiger partial charge in [-0.2, -0.15) is 0 Å². The molecule has 2 aliphatic heterocycles. The van der Waals surface area contributed by atoms with Crippen LogP contribution in [0.2, 0.25) is 0 Å². The number of amides is 1. The van der Waals surface area contributed by atoms with Crippen molar-refractivity contribution in [2.45, 2.75) is 12.8 Å². The summed E-state index contributed by atoms with van der Waals surface area (Å²) in [6, 6.07) is 15.8. The fourth-order valence-corrected chi connectivity index (χ4v) is 3.65. The van der Waals surface area contributed by atoms with Crippen LogP contribution in [0.1, 0.15) is 12.8 Å². The standard InChI is InChI=1S/C20H23N3O2/c24-19-9-7-17(8-10-19)22-14-12-21(13-15-22)16-3-5-18(6-4-16)23-11-1-2-20(23)25/h3-10,24H,1-2,11-15H2. The Bertz CT molecular complexity index is 735. The lowest BCUT2D eigenvalue weighted by Crippen LogP contribution is -2.46. The number of phenolic OH excluding ortho intramolecular Hbond substituents is 1. The molecule has 2 aliphatic rings. The maximum Gasteiger partial charge on any atom is 0.227 e. The summed E-state index contributed by atoms with van der Waals surface area (Å²) in [7, 11) is 0. The lowest BCUT2D eigenvalue weighted by molar-refractivity contribution is -0.117. The fraction of sp³-hybridized carbons (Fsp3) is 0.350. The Morgan fingerprint density at radius 2 is 1.16 bits per heavy atom. The molecule has 2 fully saturated rings. The van der Waals surface area contributed by atoms with Gasteiger partial charge in [-0.15, -0.1) is 0 Å². The third kappa shape index (κ3) is 3.27. The molecule has 5 heteroatoms. The summed E-state index contributed by atoms with van der Waals surface area (Å²) in [6.45, 7) is 4.67. The molecule has 2 saturated heterocycles. The molecule has 0 radical (unpaired) electrons. The monoisotopic (exact) mass is 337 g/mol. The third-order valence-electron chi connectivity index (χ3n) is 5.09. The van der Waals surface area contributed by atoms with Crippen molar-refractivity contribution in [2.24, 2.45) is 0 Å². The highest BCUT2D eigenvalue weighted by Crippen LogP contribution is 2.26. The minimum atomic E-state index is 0.232. The molecule has 0 aliphatic carbocycles. The average Bonchev–Trinajstić information content (AvgIpc) is 3.09. The van der Waals surface area contributed by atoms with E-state index in [2.05, 4.69) is 34.1 Å². The van der Waals surface area contributed by atoms with Gasteiger partial charge >= 0.3 is 0 Å². The SMILES string of the molecule is O=C1CCCN1c1ccc(N2CCN(c3ccc(O)cc3)CC2)cc1. The van der Waals surface area contributed by atoms with Crippen LogP contribution in [0.3, 0.4) is 0 Å². The van der Waals surface area contributed by atoms with Crippen LogP contribution in [0.4, 0.5) is 17.1 Å². The van der Waals surface area contributed by atoms with Crippen LogP contribution in [0, 0.1) is 0 Å². The van der Waals surface area contributed by atoms with Gasteiger partial charge in [0.1, 0.15) is 5.75 Å². The van der Waals surface area contributed by atoms with E-state index in [1.165, 1.54) is 5.69 Å².